The summed E-state index contributed by atoms with van der Waals surface area (Å²) in [5.74, 6) is 1.45. The largest absolute Gasteiger partial charge is 0.490 e. The molecule has 0 saturated heterocycles. The van der Waals surface area contributed by atoms with Crippen molar-refractivity contribution in [1.29, 1.82) is 0 Å². The van der Waals surface area contributed by atoms with Gasteiger partial charge in [0.1, 0.15) is 6.33 Å². The highest BCUT2D eigenvalue weighted by molar-refractivity contribution is 5.62. The third kappa shape index (κ3) is 3.71. The van der Waals surface area contributed by atoms with Crippen LogP contribution in [-0.2, 0) is 9.47 Å². The average molecular weight is 256 g/mol. The number of nitrogens with two attached hydrogens (primary N) is 1. The van der Waals surface area contributed by atoms with E-state index in [2.05, 4.69) is 9.97 Å². The van der Waals surface area contributed by atoms with Crippen LogP contribution in [0.25, 0.3) is 0 Å². The van der Waals surface area contributed by atoms with Crippen molar-refractivity contribution >= 4 is 11.6 Å². The van der Waals surface area contributed by atoms with Gasteiger partial charge in [-0.1, -0.05) is 0 Å². The van der Waals surface area contributed by atoms with E-state index in [1.807, 2.05) is 4.90 Å². The second-order valence-corrected chi connectivity index (χ2v) is 3.59. The summed E-state index contributed by atoms with van der Waals surface area (Å²) in [6.07, 6.45) is 1.42. The number of methoxy groups -OCH3 is 3. The summed E-state index contributed by atoms with van der Waals surface area (Å²) in [4.78, 5) is 10.1. The van der Waals surface area contributed by atoms with Crippen LogP contribution in [0.2, 0.25) is 0 Å². The molecule has 0 radical (unpaired) electrons. The molecule has 0 amide bonds. The summed E-state index contributed by atoms with van der Waals surface area (Å²) in [5.41, 5.74) is 5.76. The maximum Gasteiger partial charge on any atom is 0.204 e. The Morgan fingerprint density at radius 2 is 1.72 bits per heavy atom. The highest BCUT2D eigenvalue weighted by atomic mass is 16.5. The lowest BCUT2D eigenvalue weighted by molar-refractivity contribution is 0.189. The molecular formula is C11H20N4O3. The van der Waals surface area contributed by atoms with E-state index in [0.29, 0.717) is 43.7 Å². The van der Waals surface area contributed by atoms with Gasteiger partial charge in [-0.3, -0.25) is 0 Å². The van der Waals surface area contributed by atoms with Gasteiger partial charge in [0.2, 0.25) is 5.75 Å². The minimum Gasteiger partial charge on any atom is -0.490 e. The van der Waals surface area contributed by atoms with Crippen LogP contribution in [0.4, 0.5) is 11.6 Å². The Morgan fingerprint density at radius 3 is 2.22 bits per heavy atom. The van der Waals surface area contributed by atoms with Crippen molar-refractivity contribution in [3.05, 3.63) is 6.33 Å². The van der Waals surface area contributed by atoms with Crippen LogP contribution in [-0.4, -0.2) is 57.6 Å². The Kier molecular flexibility index (Phi) is 6.16. The van der Waals surface area contributed by atoms with Crippen molar-refractivity contribution in [2.75, 3.05) is 58.3 Å². The van der Waals surface area contributed by atoms with Gasteiger partial charge in [0.15, 0.2) is 11.6 Å². The van der Waals surface area contributed by atoms with Crippen LogP contribution in [0.3, 0.4) is 0 Å². The molecule has 1 aromatic heterocycles. The van der Waals surface area contributed by atoms with Crippen LogP contribution in [0, 0.1) is 0 Å². The fourth-order valence-electron chi connectivity index (χ4n) is 1.53. The first-order valence-electron chi connectivity index (χ1n) is 5.61. The predicted molar refractivity (Wildman–Crippen MR) is 69.0 cm³/mol. The van der Waals surface area contributed by atoms with Gasteiger partial charge in [-0.2, -0.15) is 0 Å². The Morgan fingerprint density at radius 1 is 1.11 bits per heavy atom. The zero-order valence-corrected chi connectivity index (χ0v) is 11.0. The van der Waals surface area contributed by atoms with Gasteiger partial charge in [-0.15, -0.1) is 0 Å². The number of anilines is 2. The third-order valence-electron chi connectivity index (χ3n) is 2.45. The minimum absolute atomic E-state index is 0.322. The zero-order valence-electron chi connectivity index (χ0n) is 11.0. The maximum atomic E-state index is 5.76. The van der Waals surface area contributed by atoms with Crippen LogP contribution in [0.5, 0.6) is 5.75 Å². The molecule has 1 aromatic rings. The van der Waals surface area contributed by atoms with E-state index >= 15 is 0 Å². The molecule has 0 aromatic carbocycles. The van der Waals surface area contributed by atoms with Gasteiger partial charge in [0.05, 0.1) is 20.3 Å². The molecule has 0 atom stereocenters. The summed E-state index contributed by atoms with van der Waals surface area (Å²) >= 11 is 0. The standard InChI is InChI=1S/C11H20N4O3/c1-16-6-4-15(5-7-17-2)11-9(18-3)10(12)13-8-14-11/h8H,4-7H2,1-3H3,(H2,12,13,14). The SMILES string of the molecule is COCCN(CCOC)c1ncnc(N)c1OC. The second-order valence-electron chi connectivity index (χ2n) is 3.59. The van der Waals surface area contributed by atoms with Crippen molar-refractivity contribution < 1.29 is 14.2 Å². The summed E-state index contributed by atoms with van der Waals surface area (Å²) in [5, 5.41) is 0. The molecule has 0 aliphatic heterocycles. The van der Waals surface area contributed by atoms with Crippen LogP contribution >= 0.6 is 0 Å². The van der Waals surface area contributed by atoms with Crippen molar-refractivity contribution in [2.45, 2.75) is 0 Å². The summed E-state index contributed by atoms with van der Waals surface area (Å²) in [6, 6.07) is 0. The molecule has 0 fully saturated rings. The van der Waals surface area contributed by atoms with E-state index in [0.717, 1.165) is 0 Å². The van der Waals surface area contributed by atoms with Crippen molar-refractivity contribution in [3.63, 3.8) is 0 Å². The van der Waals surface area contributed by atoms with Gasteiger partial charge in [0.25, 0.3) is 0 Å². The van der Waals surface area contributed by atoms with E-state index in [-0.39, 0.29) is 0 Å². The minimum atomic E-state index is 0.322. The lowest BCUT2D eigenvalue weighted by Gasteiger charge is -2.24. The average Bonchev–Trinajstić information content (AvgIpc) is 2.39. The van der Waals surface area contributed by atoms with E-state index in [9.17, 15) is 0 Å². The first-order chi connectivity index (χ1) is 8.74. The van der Waals surface area contributed by atoms with Gasteiger partial charge in [0, 0.05) is 27.3 Å². The summed E-state index contributed by atoms with van der Waals surface area (Å²) in [6.45, 7) is 2.51. The van der Waals surface area contributed by atoms with Crippen molar-refractivity contribution in [2.24, 2.45) is 0 Å². The number of nitrogens with zero attached hydrogens (tertiary/aromatic N) is 3. The first kappa shape index (κ1) is 14.5. The number of ether oxygens (including phenoxy) is 3. The molecule has 2 N–H and O–H groups in total. The molecule has 7 heteroatoms. The molecule has 0 aliphatic carbocycles. The van der Waals surface area contributed by atoms with Crippen LogP contribution < -0.4 is 15.4 Å². The zero-order chi connectivity index (χ0) is 13.4. The molecule has 0 aliphatic rings. The van der Waals surface area contributed by atoms with E-state index < -0.39 is 0 Å². The lowest BCUT2D eigenvalue weighted by Crippen LogP contribution is -2.32. The topological polar surface area (TPSA) is 82.7 Å². The van der Waals surface area contributed by atoms with Crippen molar-refractivity contribution in [3.8, 4) is 5.75 Å². The fourth-order valence-corrected chi connectivity index (χ4v) is 1.53. The predicted octanol–water partition coefficient (Wildman–Crippen LogP) is 0.167. The van der Waals surface area contributed by atoms with E-state index in [4.69, 9.17) is 19.9 Å². The molecule has 7 nitrogen and oxygen atoms in total. The lowest BCUT2D eigenvalue weighted by atomic mass is 10.4. The normalized spacial score (nSPS) is 10.4. The molecule has 1 rings (SSSR count). The smallest absolute Gasteiger partial charge is 0.204 e. The van der Waals surface area contributed by atoms with Gasteiger partial charge in [-0.25, -0.2) is 9.97 Å². The quantitative estimate of drug-likeness (QED) is 0.709. The molecule has 1 heterocycles. The Bertz CT molecular complexity index is 354. The molecule has 0 bridgehead atoms. The number of rotatable bonds is 8. The Labute approximate surface area is 107 Å². The number of hydrogen-bond acceptors (Lipinski definition) is 7. The molecule has 0 saturated carbocycles. The fraction of sp³-hybridized carbons (Fsp3) is 0.636. The summed E-state index contributed by atoms with van der Waals surface area (Å²) < 4.78 is 15.4. The molecule has 18 heavy (non-hydrogen) atoms. The molecule has 0 spiro atoms. The molecular weight excluding hydrogens is 236 g/mol. The first-order valence-corrected chi connectivity index (χ1v) is 5.61. The van der Waals surface area contributed by atoms with Gasteiger partial charge in [-0.05, 0) is 0 Å². The summed E-state index contributed by atoms with van der Waals surface area (Å²) in [7, 11) is 4.85. The highest BCUT2D eigenvalue weighted by Crippen LogP contribution is 2.29. The van der Waals surface area contributed by atoms with E-state index in [1.54, 1.807) is 21.3 Å². The molecule has 0 unspecified atom stereocenters. The van der Waals surface area contributed by atoms with Crippen molar-refractivity contribution in [1.82, 2.24) is 9.97 Å². The number of aromatic nitrogens is 2. The third-order valence-corrected chi connectivity index (χ3v) is 2.45. The Balaban J connectivity index is 2.91. The number of hydrogen-bond donors (Lipinski definition) is 1. The maximum absolute atomic E-state index is 5.76. The number of nitrogen functional groups attached to an aromatic ring is 1. The monoisotopic (exact) mass is 256 g/mol. The highest BCUT2D eigenvalue weighted by Gasteiger charge is 2.16. The van der Waals surface area contributed by atoms with Crippen LogP contribution in [0.15, 0.2) is 6.33 Å². The molecule has 102 valence electrons. The van der Waals surface area contributed by atoms with Gasteiger partial charge >= 0.3 is 0 Å². The Hall–Kier alpha value is -1.60. The van der Waals surface area contributed by atoms with Crippen LogP contribution in [0.1, 0.15) is 0 Å². The van der Waals surface area contributed by atoms with Gasteiger partial charge < -0.3 is 24.8 Å². The van der Waals surface area contributed by atoms with E-state index in [1.165, 1.54) is 6.33 Å². The second kappa shape index (κ2) is 7.67.